The van der Waals surface area contributed by atoms with E-state index in [0.717, 1.165) is 0 Å². The van der Waals surface area contributed by atoms with E-state index in [1.807, 2.05) is 0 Å². The maximum atomic E-state index is 12.2. The summed E-state index contributed by atoms with van der Waals surface area (Å²) in [5.41, 5.74) is 5.40. The van der Waals surface area contributed by atoms with Gasteiger partial charge in [0.25, 0.3) is 0 Å². The maximum Gasteiger partial charge on any atom is 0.185 e. The van der Waals surface area contributed by atoms with Crippen molar-refractivity contribution in [2.45, 2.75) is 17.2 Å². The number of halogens is 2. The second-order valence-corrected chi connectivity index (χ2v) is 6.71. The van der Waals surface area contributed by atoms with Crippen molar-refractivity contribution in [3.8, 4) is 0 Å². The fraction of sp³-hybridized carbons (Fsp3) is 0.167. The van der Waals surface area contributed by atoms with Gasteiger partial charge in [0.05, 0.1) is 21.5 Å². The van der Waals surface area contributed by atoms with E-state index in [2.05, 4.69) is 0 Å². The number of furan rings is 1. The lowest BCUT2D eigenvalue weighted by atomic mass is 10.4. The highest BCUT2D eigenvalue weighted by Crippen LogP contribution is 2.26. The quantitative estimate of drug-likeness (QED) is 0.940. The van der Waals surface area contributed by atoms with Crippen LogP contribution in [0.5, 0.6) is 0 Å². The Balaban J connectivity index is 2.29. The Bertz CT molecular complexity index is 695. The first kappa shape index (κ1) is 14.4. The van der Waals surface area contributed by atoms with Crippen molar-refractivity contribution in [1.82, 2.24) is 0 Å². The predicted molar refractivity (Wildman–Crippen MR) is 74.0 cm³/mol. The first-order chi connectivity index (χ1) is 8.92. The Labute approximate surface area is 121 Å². The second kappa shape index (κ2) is 5.54. The summed E-state index contributed by atoms with van der Waals surface area (Å²) >= 11 is 11.6. The Kier molecular flexibility index (Phi) is 4.20. The molecule has 0 amide bonds. The highest BCUT2D eigenvalue weighted by Gasteiger charge is 2.18. The van der Waals surface area contributed by atoms with Crippen LogP contribution in [0.4, 0.5) is 0 Å². The van der Waals surface area contributed by atoms with Crippen LogP contribution in [0.25, 0.3) is 0 Å². The van der Waals surface area contributed by atoms with Gasteiger partial charge in [0.2, 0.25) is 0 Å². The van der Waals surface area contributed by atoms with Crippen LogP contribution in [0.2, 0.25) is 10.0 Å². The second-order valence-electron chi connectivity index (χ2n) is 3.91. The van der Waals surface area contributed by atoms with Gasteiger partial charge in [-0.25, -0.2) is 8.42 Å². The fourth-order valence-corrected chi connectivity index (χ4v) is 3.18. The smallest absolute Gasteiger partial charge is 0.185 e. The average Bonchev–Trinajstić information content (AvgIpc) is 2.79. The van der Waals surface area contributed by atoms with Gasteiger partial charge in [-0.2, -0.15) is 0 Å². The monoisotopic (exact) mass is 319 g/mol. The molecular weight excluding hydrogens is 309 g/mol. The van der Waals surface area contributed by atoms with Gasteiger partial charge >= 0.3 is 0 Å². The summed E-state index contributed by atoms with van der Waals surface area (Å²) < 4.78 is 29.6. The Morgan fingerprint density at radius 3 is 2.32 bits per heavy atom. The molecule has 0 unspecified atom stereocenters. The van der Waals surface area contributed by atoms with E-state index in [1.165, 1.54) is 18.2 Å². The molecule has 1 aromatic carbocycles. The van der Waals surface area contributed by atoms with Crippen LogP contribution in [-0.4, -0.2) is 8.42 Å². The number of sulfone groups is 1. The number of hydrogen-bond acceptors (Lipinski definition) is 4. The zero-order chi connectivity index (χ0) is 14.0. The third-order valence-electron chi connectivity index (χ3n) is 2.50. The minimum Gasteiger partial charge on any atom is -0.464 e. The minimum absolute atomic E-state index is 0.104. The summed E-state index contributed by atoms with van der Waals surface area (Å²) in [6, 6.07) is 7.43. The van der Waals surface area contributed by atoms with Crippen molar-refractivity contribution in [2.24, 2.45) is 5.73 Å². The number of nitrogens with two attached hydrogens (primary N) is 1. The van der Waals surface area contributed by atoms with Crippen molar-refractivity contribution in [3.05, 3.63) is 51.9 Å². The molecule has 4 nitrogen and oxygen atoms in total. The highest BCUT2D eigenvalue weighted by molar-refractivity contribution is 7.90. The number of rotatable bonds is 4. The topological polar surface area (TPSA) is 73.3 Å². The van der Waals surface area contributed by atoms with Gasteiger partial charge < -0.3 is 10.2 Å². The molecule has 7 heteroatoms. The summed E-state index contributed by atoms with van der Waals surface area (Å²) in [6.45, 7) is 0.229. The largest absolute Gasteiger partial charge is 0.464 e. The SMILES string of the molecule is NCc1ccc(CS(=O)(=O)c2ccc(Cl)c(Cl)c2)o1. The highest BCUT2D eigenvalue weighted by atomic mass is 35.5. The number of benzene rings is 1. The van der Waals surface area contributed by atoms with Crippen LogP contribution in [0.3, 0.4) is 0 Å². The molecule has 0 aliphatic heterocycles. The Morgan fingerprint density at radius 1 is 1.05 bits per heavy atom. The first-order valence-electron chi connectivity index (χ1n) is 5.38. The van der Waals surface area contributed by atoms with Crippen LogP contribution >= 0.6 is 23.2 Å². The molecule has 0 bridgehead atoms. The summed E-state index contributed by atoms with van der Waals surface area (Å²) in [7, 11) is -3.53. The lowest BCUT2D eigenvalue weighted by Gasteiger charge is -2.04. The molecule has 0 saturated heterocycles. The van der Waals surface area contributed by atoms with E-state index in [1.54, 1.807) is 12.1 Å². The van der Waals surface area contributed by atoms with Crippen molar-refractivity contribution >= 4 is 33.0 Å². The molecular formula is C12H11Cl2NO3S. The van der Waals surface area contributed by atoms with Gasteiger partial charge in [-0.3, -0.25) is 0 Å². The van der Waals surface area contributed by atoms with Gasteiger partial charge in [0.15, 0.2) is 9.84 Å². The van der Waals surface area contributed by atoms with Crippen LogP contribution in [0.15, 0.2) is 39.6 Å². The molecule has 1 aromatic heterocycles. The maximum absolute atomic E-state index is 12.2. The van der Waals surface area contributed by atoms with Crippen molar-refractivity contribution in [2.75, 3.05) is 0 Å². The van der Waals surface area contributed by atoms with E-state index < -0.39 is 9.84 Å². The summed E-state index contributed by atoms with van der Waals surface area (Å²) in [5, 5.41) is 0.508. The Hall–Kier alpha value is -1.01. The summed E-state index contributed by atoms with van der Waals surface area (Å²) in [5.74, 6) is 0.635. The van der Waals surface area contributed by atoms with Crippen molar-refractivity contribution < 1.29 is 12.8 Å². The van der Waals surface area contributed by atoms with E-state index in [-0.39, 0.29) is 22.2 Å². The van der Waals surface area contributed by atoms with Gasteiger partial charge in [-0.05, 0) is 30.3 Å². The van der Waals surface area contributed by atoms with Crippen LogP contribution < -0.4 is 5.73 Å². The minimum atomic E-state index is -3.53. The molecule has 1 heterocycles. The third kappa shape index (κ3) is 3.30. The van der Waals surface area contributed by atoms with E-state index >= 15 is 0 Å². The molecule has 0 fully saturated rings. The zero-order valence-electron chi connectivity index (χ0n) is 9.77. The first-order valence-corrected chi connectivity index (χ1v) is 7.78. The van der Waals surface area contributed by atoms with Gasteiger partial charge in [-0.15, -0.1) is 0 Å². The molecule has 0 atom stereocenters. The molecule has 19 heavy (non-hydrogen) atoms. The van der Waals surface area contributed by atoms with Crippen molar-refractivity contribution in [1.29, 1.82) is 0 Å². The molecule has 0 aliphatic rings. The van der Waals surface area contributed by atoms with Crippen LogP contribution in [0, 0.1) is 0 Å². The average molecular weight is 320 g/mol. The molecule has 2 aromatic rings. The van der Waals surface area contributed by atoms with E-state index in [4.69, 9.17) is 33.4 Å². The molecule has 0 radical (unpaired) electrons. The standard InChI is InChI=1S/C12H11Cl2NO3S/c13-11-4-3-10(5-12(11)14)19(16,17)7-9-2-1-8(6-15)18-9/h1-5H,6-7,15H2. The molecule has 2 rings (SSSR count). The molecule has 0 aliphatic carbocycles. The predicted octanol–water partition coefficient (Wildman–Crippen LogP) is 3.02. The fourth-order valence-electron chi connectivity index (χ4n) is 1.55. The normalized spacial score (nSPS) is 11.7. The lowest BCUT2D eigenvalue weighted by Crippen LogP contribution is -2.04. The Morgan fingerprint density at radius 2 is 1.74 bits per heavy atom. The molecule has 102 valence electrons. The molecule has 0 spiro atoms. The third-order valence-corrected chi connectivity index (χ3v) is 4.88. The number of hydrogen-bond donors (Lipinski definition) is 1. The zero-order valence-corrected chi connectivity index (χ0v) is 12.1. The van der Waals surface area contributed by atoms with Gasteiger partial charge in [0.1, 0.15) is 17.3 Å². The van der Waals surface area contributed by atoms with E-state index in [9.17, 15) is 8.42 Å². The molecule has 2 N–H and O–H groups in total. The lowest BCUT2D eigenvalue weighted by molar-refractivity contribution is 0.477. The summed E-state index contributed by atoms with van der Waals surface area (Å²) in [4.78, 5) is 0.104. The van der Waals surface area contributed by atoms with Crippen LogP contribution in [0.1, 0.15) is 11.5 Å². The van der Waals surface area contributed by atoms with E-state index in [0.29, 0.717) is 16.5 Å². The van der Waals surface area contributed by atoms with Crippen LogP contribution in [-0.2, 0) is 22.1 Å². The molecule has 0 saturated carbocycles. The summed E-state index contributed by atoms with van der Waals surface area (Å²) in [6.07, 6.45) is 0. The van der Waals surface area contributed by atoms with Gasteiger partial charge in [-0.1, -0.05) is 23.2 Å². The van der Waals surface area contributed by atoms with Gasteiger partial charge in [0, 0.05) is 0 Å². The van der Waals surface area contributed by atoms with Crippen molar-refractivity contribution in [3.63, 3.8) is 0 Å².